The lowest BCUT2D eigenvalue weighted by Gasteiger charge is -2.18. The third-order valence-electron chi connectivity index (χ3n) is 2.67. The fourth-order valence-corrected chi connectivity index (χ4v) is 2.04. The number of hydrogen-bond donors (Lipinski definition) is 2. The Morgan fingerprint density at radius 3 is 2.64 bits per heavy atom. The lowest BCUT2D eigenvalue weighted by Crippen LogP contribution is -2.52. The van der Waals surface area contributed by atoms with Crippen LogP contribution in [0.5, 0.6) is 0 Å². The summed E-state index contributed by atoms with van der Waals surface area (Å²) < 4.78 is 0. The topological polar surface area (TPSA) is 69.1 Å². The van der Waals surface area contributed by atoms with Crippen LogP contribution < -0.4 is 11.5 Å². The fraction of sp³-hybridized carbons (Fsp3) is 0.300. The van der Waals surface area contributed by atoms with E-state index in [1.807, 2.05) is 12.1 Å². The van der Waals surface area contributed by atoms with Crippen LogP contribution in [0.4, 0.5) is 0 Å². The molecule has 1 aliphatic carbocycles. The van der Waals surface area contributed by atoms with Gasteiger partial charge in [0.15, 0.2) is 0 Å². The van der Waals surface area contributed by atoms with Crippen LogP contribution in [0.2, 0.25) is 5.02 Å². The zero-order valence-corrected chi connectivity index (χ0v) is 8.34. The number of benzene rings is 1. The van der Waals surface area contributed by atoms with Gasteiger partial charge in [-0.25, -0.2) is 0 Å². The van der Waals surface area contributed by atoms with Gasteiger partial charge in [-0.2, -0.15) is 0 Å². The Kier molecular flexibility index (Phi) is 2.01. The molecule has 0 saturated carbocycles. The molecule has 0 bridgehead atoms. The van der Waals surface area contributed by atoms with Crippen molar-refractivity contribution in [1.82, 2.24) is 0 Å². The van der Waals surface area contributed by atoms with Crippen molar-refractivity contribution < 1.29 is 4.79 Å². The Balaban J connectivity index is 2.39. The zero-order valence-electron chi connectivity index (χ0n) is 7.59. The van der Waals surface area contributed by atoms with Gasteiger partial charge in [0.25, 0.3) is 0 Å². The molecule has 0 saturated heterocycles. The lowest BCUT2D eigenvalue weighted by atomic mass is 9.97. The first-order chi connectivity index (χ1) is 6.51. The highest BCUT2D eigenvalue weighted by molar-refractivity contribution is 6.30. The first kappa shape index (κ1) is 9.49. The third-order valence-corrected chi connectivity index (χ3v) is 2.91. The highest BCUT2D eigenvalue weighted by atomic mass is 35.5. The average molecular weight is 211 g/mol. The SMILES string of the molecule is NC(=O)C1(N)Cc2ccc(Cl)cc2C1. The molecule has 1 aromatic rings. The van der Waals surface area contributed by atoms with E-state index in [9.17, 15) is 4.79 Å². The summed E-state index contributed by atoms with van der Waals surface area (Å²) in [6.07, 6.45) is 0.993. The summed E-state index contributed by atoms with van der Waals surface area (Å²) in [5, 5.41) is 0.664. The van der Waals surface area contributed by atoms with E-state index in [1.54, 1.807) is 6.07 Å². The van der Waals surface area contributed by atoms with E-state index in [0.717, 1.165) is 11.1 Å². The molecule has 0 aromatic heterocycles. The number of hydrogen-bond acceptors (Lipinski definition) is 2. The van der Waals surface area contributed by atoms with Crippen molar-refractivity contribution in [2.24, 2.45) is 11.5 Å². The normalized spacial score (nSPS) is 24.7. The van der Waals surface area contributed by atoms with Crippen LogP contribution in [0.1, 0.15) is 11.1 Å². The van der Waals surface area contributed by atoms with Gasteiger partial charge in [0.2, 0.25) is 5.91 Å². The molecule has 0 heterocycles. The summed E-state index contributed by atoms with van der Waals surface area (Å²) in [4.78, 5) is 11.1. The summed E-state index contributed by atoms with van der Waals surface area (Å²) in [7, 11) is 0. The van der Waals surface area contributed by atoms with Crippen LogP contribution in [0.15, 0.2) is 18.2 Å². The predicted molar refractivity (Wildman–Crippen MR) is 55.0 cm³/mol. The van der Waals surface area contributed by atoms with Crippen molar-refractivity contribution in [3.63, 3.8) is 0 Å². The van der Waals surface area contributed by atoms with E-state index < -0.39 is 11.4 Å². The number of rotatable bonds is 1. The maximum Gasteiger partial charge on any atom is 0.238 e. The molecule has 3 nitrogen and oxygen atoms in total. The smallest absolute Gasteiger partial charge is 0.238 e. The summed E-state index contributed by atoms with van der Waals surface area (Å²) in [6.45, 7) is 0. The Morgan fingerprint density at radius 1 is 1.36 bits per heavy atom. The molecule has 1 unspecified atom stereocenters. The molecule has 1 atom stereocenters. The molecule has 74 valence electrons. The summed E-state index contributed by atoms with van der Waals surface area (Å²) >= 11 is 5.84. The van der Waals surface area contributed by atoms with Gasteiger partial charge in [-0.05, 0) is 29.7 Å². The van der Waals surface area contributed by atoms with Crippen molar-refractivity contribution in [2.45, 2.75) is 18.4 Å². The van der Waals surface area contributed by atoms with Gasteiger partial charge >= 0.3 is 0 Å². The van der Waals surface area contributed by atoms with Gasteiger partial charge in [-0.15, -0.1) is 0 Å². The quantitative estimate of drug-likeness (QED) is 0.714. The van der Waals surface area contributed by atoms with Crippen LogP contribution in [0, 0.1) is 0 Å². The van der Waals surface area contributed by atoms with E-state index in [1.165, 1.54) is 0 Å². The van der Waals surface area contributed by atoms with Crippen LogP contribution >= 0.6 is 11.6 Å². The molecule has 4 heteroatoms. The molecule has 0 spiro atoms. The molecular weight excluding hydrogens is 200 g/mol. The molecule has 4 N–H and O–H groups in total. The Hall–Kier alpha value is -1.06. The maximum absolute atomic E-state index is 11.1. The van der Waals surface area contributed by atoms with E-state index >= 15 is 0 Å². The molecule has 0 radical (unpaired) electrons. The van der Waals surface area contributed by atoms with Gasteiger partial charge in [0.05, 0.1) is 0 Å². The minimum atomic E-state index is -0.924. The first-order valence-electron chi connectivity index (χ1n) is 4.37. The second-order valence-corrected chi connectivity index (χ2v) is 4.22. The number of fused-ring (bicyclic) bond motifs is 1. The molecule has 2 rings (SSSR count). The molecule has 0 aliphatic heterocycles. The highest BCUT2D eigenvalue weighted by Crippen LogP contribution is 2.30. The third kappa shape index (κ3) is 1.38. The Bertz CT molecular complexity index is 405. The second-order valence-electron chi connectivity index (χ2n) is 3.79. The molecule has 1 amide bonds. The minimum absolute atomic E-state index is 0.454. The first-order valence-corrected chi connectivity index (χ1v) is 4.75. The molecule has 1 aromatic carbocycles. The van der Waals surface area contributed by atoms with Gasteiger partial charge < -0.3 is 11.5 Å². The lowest BCUT2D eigenvalue weighted by molar-refractivity contribution is -0.122. The monoisotopic (exact) mass is 210 g/mol. The summed E-state index contributed by atoms with van der Waals surface area (Å²) in [6, 6.07) is 5.54. The average Bonchev–Trinajstić information content (AvgIpc) is 2.42. The standard InChI is InChI=1S/C10H11ClN2O/c11-8-2-1-6-4-10(13,9(12)14)5-7(6)3-8/h1-3H,4-5,13H2,(H2,12,14). The van der Waals surface area contributed by atoms with Crippen LogP contribution in [-0.2, 0) is 17.6 Å². The number of nitrogens with two attached hydrogens (primary N) is 2. The second kappa shape index (κ2) is 2.97. The van der Waals surface area contributed by atoms with Crippen molar-refractivity contribution in [3.8, 4) is 0 Å². The number of carbonyl (C=O) groups is 1. The van der Waals surface area contributed by atoms with Crippen LogP contribution in [0.25, 0.3) is 0 Å². The number of amides is 1. The van der Waals surface area contributed by atoms with Gasteiger partial charge in [0.1, 0.15) is 5.54 Å². The largest absolute Gasteiger partial charge is 0.368 e. The minimum Gasteiger partial charge on any atom is -0.368 e. The molecule has 0 fully saturated rings. The number of carbonyl (C=O) groups excluding carboxylic acids is 1. The molecule has 14 heavy (non-hydrogen) atoms. The summed E-state index contributed by atoms with van der Waals surface area (Å²) in [5.74, 6) is -0.454. The van der Waals surface area contributed by atoms with Crippen molar-refractivity contribution >= 4 is 17.5 Å². The predicted octanol–water partition coefficient (Wildman–Crippen LogP) is 0.621. The van der Waals surface area contributed by atoms with Crippen molar-refractivity contribution in [1.29, 1.82) is 0 Å². The maximum atomic E-state index is 11.1. The van der Waals surface area contributed by atoms with Gasteiger partial charge in [0, 0.05) is 11.4 Å². The van der Waals surface area contributed by atoms with Crippen molar-refractivity contribution in [3.05, 3.63) is 34.3 Å². The fourth-order valence-electron chi connectivity index (χ4n) is 1.85. The van der Waals surface area contributed by atoms with Crippen LogP contribution in [0.3, 0.4) is 0 Å². The highest BCUT2D eigenvalue weighted by Gasteiger charge is 2.38. The number of halogens is 1. The molecular formula is C10H11ClN2O. The van der Waals surface area contributed by atoms with Gasteiger partial charge in [-0.1, -0.05) is 17.7 Å². The van der Waals surface area contributed by atoms with E-state index in [2.05, 4.69) is 0 Å². The van der Waals surface area contributed by atoms with Gasteiger partial charge in [-0.3, -0.25) is 4.79 Å². The molecule has 1 aliphatic rings. The zero-order chi connectivity index (χ0) is 10.3. The van der Waals surface area contributed by atoms with Crippen LogP contribution in [-0.4, -0.2) is 11.4 Å². The van der Waals surface area contributed by atoms with E-state index in [-0.39, 0.29) is 0 Å². The van der Waals surface area contributed by atoms with E-state index in [0.29, 0.717) is 17.9 Å². The van der Waals surface area contributed by atoms with Crippen molar-refractivity contribution in [2.75, 3.05) is 0 Å². The number of primary amides is 1. The van der Waals surface area contributed by atoms with E-state index in [4.69, 9.17) is 23.1 Å². The Labute approximate surface area is 87.0 Å². The summed E-state index contributed by atoms with van der Waals surface area (Å²) in [5.41, 5.74) is 12.3. The Morgan fingerprint density at radius 2 is 2.00 bits per heavy atom.